The van der Waals surface area contributed by atoms with Gasteiger partial charge >= 0.3 is 11.9 Å². The molecule has 2 N–H and O–H groups in total. The number of benzene rings is 1. The van der Waals surface area contributed by atoms with Crippen molar-refractivity contribution in [2.45, 2.75) is 6.92 Å². The van der Waals surface area contributed by atoms with Crippen molar-refractivity contribution in [2.24, 2.45) is 10.9 Å². The Kier molecular flexibility index (Phi) is 5.94. The second kappa shape index (κ2) is 7.68. The average Bonchev–Trinajstić information content (AvgIpc) is 2.50. The Hall–Kier alpha value is -2.83. The molecule has 0 aliphatic rings. The molecular formula is C14H16N2O5. The van der Waals surface area contributed by atoms with Crippen molar-refractivity contribution < 1.29 is 23.9 Å². The van der Waals surface area contributed by atoms with Gasteiger partial charge in [0.25, 0.3) is 0 Å². The van der Waals surface area contributed by atoms with Gasteiger partial charge in [0.1, 0.15) is 0 Å². The van der Waals surface area contributed by atoms with E-state index in [2.05, 4.69) is 14.6 Å². The number of rotatable bonds is 5. The zero-order valence-corrected chi connectivity index (χ0v) is 12.0. The van der Waals surface area contributed by atoms with Gasteiger partial charge in [0.2, 0.25) is 5.76 Å². The van der Waals surface area contributed by atoms with Crippen LogP contribution in [0, 0.1) is 6.92 Å². The van der Waals surface area contributed by atoms with Crippen molar-refractivity contribution in [1.82, 2.24) is 0 Å². The standard InChI is InChI=1S/C14H16N2O5/c1-9-4-6-10(7-5-9)13(15)16-21-11(14(18)20-3)8-12(17)19-2/h4-8H,1-3H3,(H2,15,16)/b11-8+. The van der Waals surface area contributed by atoms with Crippen molar-refractivity contribution in [3.05, 3.63) is 47.2 Å². The number of hydrogen-bond donors (Lipinski definition) is 1. The molecule has 0 atom stereocenters. The van der Waals surface area contributed by atoms with Gasteiger partial charge in [-0.2, -0.15) is 0 Å². The summed E-state index contributed by atoms with van der Waals surface area (Å²) in [5.41, 5.74) is 7.40. The van der Waals surface area contributed by atoms with Gasteiger partial charge in [0.05, 0.1) is 20.3 Å². The summed E-state index contributed by atoms with van der Waals surface area (Å²) in [6.45, 7) is 1.93. The van der Waals surface area contributed by atoms with Crippen LogP contribution in [0.1, 0.15) is 11.1 Å². The molecule has 0 saturated heterocycles. The molecule has 0 aromatic heterocycles. The molecule has 0 spiro atoms. The van der Waals surface area contributed by atoms with Crippen LogP contribution in [-0.2, 0) is 23.9 Å². The fourth-order valence-corrected chi connectivity index (χ4v) is 1.26. The third kappa shape index (κ3) is 4.98. The van der Waals surface area contributed by atoms with E-state index in [-0.39, 0.29) is 5.84 Å². The highest BCUT2D eigenvalue weighted by Gasteiger charge is 2.15. The van der Waals surface area contributed by atoms with E-state index in [1.54, 1.807) is 12.1 Å². The Morgan fingerprint density at radius 1 is 1.14 bits per heavy atom. The summed E-state index contributed by atoms with van der Waals surface area (Å²) in [6, 6.07) is 7.20. The summed E-state index contributed by atoms with van der Waals surface area (Å²) in [5.74, 6) is -2.03. The molecule has 0 heterocycles. The van der Waals surface area contributed by atoms with E-state index in [9.17, 15) is 9.59 Å². The topological polar surface area (TPSA) is 100 Å². The highest BCUT2D eigenvalue weighted by atomic mass is 16.7. The van der Waals surface area contributed by atoms with E-state index in [1.165, 1.54) is 0 Å². The summed E-state index contributed by atoms with van der Waals surface area (Å²) in [6.07, 6.45) is 0.817. The average molecular weight is 292 g/mol. The number of nitrogens with two attached hydrogens (primary N) is 1. The maximum atomic E-state index is 11.4. The quantitative estimate of drug-likeness (QED) is 0.216. The van der Waals surface area contributed by atoms with Crippen LogP contribution in [0.15, 0.2) is 41.3 Å². The molecule has 0 aliphatic carbocycles. The highest BCUT2D eigenvalue weighted by molar-refractivity contribution is 5.98. The Morgan fingerprint density at radius 3 is 2.29 bits per heavy atom. The fraction of sp³-hybridized carbons (Fsp3) is 0.214. The molecule has 7 nitrogen and oxygen atoms in total. The van der Waals surface area contributed by atoms with Crippen LogP contribution in [0.3, 0.4) is 0 Å². The van der Waals surface area contributed by atoms with E-state index >= 15 is 0 Å². The third-order valence-corrected chi connectivity index (χ3v) is 2.43. The predicted octanol–water partition coefficient (Wildman–Crippen LogP) is 0.862. The number of oxime groups is 1. The van der Waals surface area contributed by atoms with Crippen LogP contribution in [0.2, 0.25) is 0 Å². The van der Waals surface area contributed by atoms with E-state index in [0.717, 1.165) is 25.9 Å². The Bertz CT molecular complexity index is 576. The fourth-order valence-electron chi connectivity index (χ4n) is 1.26. The molecule has 21 heavy (non-hydrogen) atoms. The molecule has 0 saturated carbocycles. The number of aryl methyl sites for hydroxylation is 1. The van der Waals surface area contributed by atoms with Crippen molar-refractivity contribution in [3.63, 3.8) is 0 Å². The van der Waals surface area contributed by atoms with Gasteiger partial charge in [0.15, 0.2) is 5.84 Å². The summed E-state index contributed by atoms with van der Waals surface area (Å²) < 4.78 is 8.86. The first-order valence-electron chi connectivity index (χ1n) is 5.93. The molecule has 0 aliphatic heterocycles. The molecular weight excluding hydrogens is 276 g/mol. The zero-order chi connectivity index (χ0) is 15.8. The second-order valence-electron chi connectivity index (χ2n) is 3.96. The van der Waals surface area contributed by atoms with Crippen LogP contribution < -0.4 is 5.73 Å². The minimum atomic E-state index is -0.874. The lowest BCUT2D eigenvalue weighted by Gasteiger charge is -2.04. The summed E-state index contributed by atoms with van der Waals surface area (Å²) in [4.78, 5) is 27.4. The molecule has 112 valence electrons. The van der Waals surface area contributed by atoms with Gasteiger partial charge in [-0.15, -0.1) is 0 Å². The van der Waals surface area contributed by atoms with Crippen molar-refractivity contribution in [1.29, 1.82) is 0 Å². The number of methoxy groups -OCH3 is 2. The maximum Gasteiger partial charge on any atom is 0.377 e. The SMILES string of the molecule is COC(=O)/C=C(/O/N=C(\N)c1ccc(C)cc1)C(=O)OC. The second-order valence-corrected chi connectivity index (χ2v) is 3.96. The van der Waals surface area contributed by atoms with Gasteiger partial charge in [-0.3, -0.25) is 0 Å². The molecule has 0 fully saturated rings. The largest absolute Gasteiger partial charge is 0.466 e. The van der Waals surface area contributed by atoms with Crippen LogP contribution in [0.25, 0.3) is 0 Å². The Morgan fingerprint density at radius 2 is 1.76 bits per heavy atom. The van der Waals surface area contributed by atoms with E-state index < -0.39 is 17.7 Å². The molecule has 7 heteroatoms. The smallest absolute Gasteiger partial charge is 0.377 e. The maximum absolute atomic E-state index is 11.4. The minimum absolute atomic E-state index is 0.0506. The highest BCUT2D eigenvalue weighted by Crippen LogP contribution is 2.06. The van der Waals surface area contributed by atoms with E-state index in [1.807, 2.05) is 19.1 Å². The first kappa shape index (κ1) is 16.2. The van der Waals surface area contributed by atoms with Gasteiger partial charge in [-0.1, -0.05) is 35.0 Å². The molecule has 1 aromatic rings. The van der Waals surface area contributed by atoms with Crippen molar-refractivity contribution in [2.75, 3.05) is 14.2 Å². The number of carbonyl (C=O) groups excluding carboxylic acids is 2. The van der Waals surface area contributed by atoms with Gasteiger partial charge < -0.3 is 20.0 Å². The molecule has 0 bridgehead atoms. The predicted molar refractivity (Wildman–Crippen MR) is 75.1 cm³/mol. The number of ether oxygens (including phenoxy) is 2. The number of hydrogen-bond acceptors (Lipinski definition) is 6. The summed E-state index contributed by atoms with van der Waals surface area (Å²) in [7, 11) is 2.31. The van der Waals surface area contributed by atoms with E-state index in [0.29, 0.717) is 5.56 Å². The molecule has 1 rings (SSSR count). The Labute approximate surface area is 122 Å². The Balaban J connectivity index is 2.91. The first-order chi connectivity index (χ1) is 9.97. The molecule has 0 unspecified atom stereocenters. The summed E-state index contributed by atoms with van der Waals surface area (Å²) >= 11 is 0. The van der Waals surface area contributed by atoms with Gasteiger partial charge in [-0.25, -0.2) is 9.59 Å². The lowest BCUT2D eigenvalue weighted by atomic mass is 10.1. The molecule has 0 radical (unpaired) electrons. The summed E-state index contributed by atoms with van der Waals surface area (Å²) in [5, 5.41) is 3.60. The lowest BCUT2D eigenvalue weighted by molar-refractivity contribution is -0.142. The minimum Gasteiger partial charge on any atom is -0.466 e. The number of nitrogens with zero attached hydrogens (tertiary/aromatic N) is 1. The van der Waals surface area contributed by atoms with Crippen LogP contribution in [0.5, 0.6) is 0 Å². The van der Waals surface area contributed by atoms with Crippen LogP contribution in [0.4, 0.5) is 0 Å². The van der Waals surface area contributed by atoms with Crippen LogP contribution >= 0.6 is 0 Å². The van der Waals surface area contributed by atoms with Crippen molar-refractivity contribution >= 4 is 17.8 Å². The first-order valence-corrected chi connectivity index (χ1v) is 5.93. The number of carbonyl (C=O) groups is 2. The lowest BCUT2D eigenvalue weighted by Crippen LogP contribution is -2.16. The van der Waals surface area contributed by atoms with Gasteiger partial charge in [0, 0.05) is 5.56 Å². The molecule has 1 aromatic carbocycles. The normalized spacial score (nSPS) is 11.8. The third-order valence-electron chi connectivity index (χ3n) is 2.43. The zero-order valence-electron chi connectivity index (χ0n) is 12.0. The molecule has 0 amide bonds. The van der Waals surface area contributed by atoms with Crippen LogP contribution in [-0.4, -0.2) is 32.0 Å². The monoisotopic (exact) mass is 292 g/mol. The number of esters is 2. The van der Waals surface area contributed by atoms with Crippen molar-refractivity contribution in [3.8, 4) is 0 Å². The van der Waals surface area contributed by atoms with E-state index in [4.69, 9.17) is 10.6 Å². The van der Waals surface area contributed by atoms with Gasteiger partial charge in [-0.05, 0) is 6.92 Å². The number of amidine groups is 1.